The van der Waals surface area contributed by atoms with E-state index in [1.165, 1.54) is 17.8 Å². The summed E-state index contributed by atoms with van der Waals surface area (Å²) in [6.45, 7) is 3.03. The first-order valence-electron chi connectivity index (χ1n) is 5.63. The van der Waals surface area contributed by atoms with E-state index in [4.69, 9.17) is 10.2 Å². The summed E-state index contributed by atoms with van der Waals surface area (Å²) in [6.07, 6.45) is 0. The van der Waals surface area contributed by atoms with E-state index < -0.39 is 4.92 Å². The molecule has 9 heteroatoms. The van der Waals surface area contributed by atoms with E-state index in [9.17, 15) is 10.1 Å². The number of nitrogens with two attached hydrogens (primary N) is 1. The second-order valence-corrected chi connectivity index (χ2v) is 4.58. The van der Waals surface area contributed by atoms with Crippen LogP contribution in [0.5, 0.6) is 0 Å². The predicted molar refractivity (Wildman–Crippen MR) is 68.5 cm³/mol. The van der Waals surface area contributed by atoms with Crippen molar-refractivity contribution >= 4 is 17.6 Å². The number of rotatable bonds is 6. The maximum Gasteiger partial charge on any atom is 0.433 e. The van der Waals surface area contributed by atoms with Gasteiger partial charge in [-0.15, -0.1) is 10.2 Å². The smallest absolute Gasteiger partial charge is 0.405 e. The van der Waals surface area contributed by atoms with E-state index in [-0.39, 0.29) is 5.88 Å². The zero-order valence-electron chi connectivity index (χ0n) is 10.3. The van der Waals surface area contributed by atoms with Gasteiger partial charge < -0.3 is 14.7 Å². The van der Waals surface area contributed by atoms with Crippen molar-refractivity contribution in [3.05, 3.63) is 33.8 Å². The molecule has 0 fully saturated rings. The minimum atomic E-state index is -0.560. The molecule has 0 saturated heterocycles. The molecule has 0 aliphatic heterocycles. The summed E-state index contributed by atoms with van der Waals surface area (Å²) < 4.78 is 6.98. The van der Waals surface area contributed by atoms with Crippen LogP contribution in [0.15, 0.2) is 21.7 Å². The molecule has 2 rings (SSSR count). The lowest BCUT2D eigenvalue weighted by atomic mass is 10.5. The van der Waals surface area contributed by atoms with Crippen LogP contribution in [0.3, 0.4) is 0 Å². The van der Waals surface area contributed by atoms with Gasteiger partial charge in [0.05, 0.1) is 18.4 Å². The third-order valence-corrected chi connectivity index (χ3v) is 3.45. The van der Waals surface area contributed by atoms with Gasteiger partial charge >= 0.3 is 5.88 Å². The highest BCUT2D eigenvalue weighted by molar-refractivity contribution is 7.98. The molecule has 0 unspecified atom stereocenters. The first kappa shape index (κ1) is 13.6. The summed E-state index contributed by atoms with van der Waals surface area (Å²) in [5, 5.41) is 19.2. The molecule has 0 aliphatic carbocycles. The first-order chi connectivity index (χ1) is 9.15. The van der Waals surface area contributed by atoms with E-state index in [0.717, 1.165) is 17.5 Å². The molecule has 19 heavy (non-hydrogen) atoms. The Balaban J connectivity index is 2.05. The molecule has 2 aromatic heterocycles. The highest BCUT2D eigenvalue weighted by Crippen LogP contribution is 2.25. The molecule has 2 heterocycles. The zero-order chi connectivity index (χ0) is 13.8. The van der Waals surface area contributed by atoms with Crippen molar-refractivity contribution in [2.24, 2.45) is 5.73 Å². The van der Waals surface area contributed by atoms with Gasteiger partial charge in [0, 0.05) is 6.54 Å². The minimum Gasteiger partial charge on any atom is -0.405 e. The fourth-order valence-electron chi connectivity index (χ4n) is 1.57. The van der Waals surface area contributed by atoms with Crippen LogP contribution in [0.4, 0.5) is 5.88 Å². The monoisotopic (exact) mass is 283 g/mol. The number of thioether (sulfide) groups is 1. The van der Waals surface area contributed by atoms with Gasteiger partial charge in [0.25, 0.3) is 0 Å². The fraction of sp³-hybridized carbons (Fsp3) is 0.400. The van der Waals surface area contributed by atoms with Crippen LogP contribution in [0.1, 0.15) is 18.5 Å². The summed E-state index contributed by atoms with van der Waals surface area (Å²) in [7, 11) is 0. The Labute approximate surface area is 113 Å². The molecule has 0 atom stereocenters. The van der Waals surface area contributed by atoms with Crippen molar-refractivity contribution in [2.45, 2.75) is 30.9 Å². The lowest BCUT2D eigenvalue weighted by molar-refractivity contribution is -0.402. The first-order valence-corrected chi connectivity index (χ1v) is 6.62. The van der Waals surface area contributed by atoms with Crippen LogP contribution >= 0.6 is 11.8 Å². The van der Waals surface area contributed by atoms with E-state index >= 15 is 0 Å². The normalized spacial score (nSPS) is 10.8. The molecule has 0 aliphatic rings. The van der Waals surface area contributed by atoms with E-state index in [2.05, 4.69) is 10.2 Å². The lowest BCUT2D eigenvalue weighted by Gasteiger charge is -2.04. The van der Waals surface area contributed by atoms with Crippen LogP contribution < -0.4 is 5.73 Å². The maximum absolute atomic E-state index is 10.5. The molecule has 2 N–H and O–H groups in total. The summed E-state index contributed by atoms with van der Waals surface area (Å²) >= 11 is 1.40. The molecular weight excluding hydrogens is 270 g/mol. The van der Waals surface area contributed by atoms with Crippen LogP contribution in [0.25, 0.3) is 0 Å². The fourth-order valence-corrected chi connectivity index (χ4v) is 2.49. The van der Waals surface area contributed by atoms with Crippen LogP contribution in [0.2, 0.25) is 0 Å². The van der Waals surface area contributed by atoms with E-state index in [0.29, 0.717) is 18.1 Å². The van der Waals surface area contributed by atoms with Crippen molar-refractivity contribution in [3.63, 3.8) is 0 Å². The van der Waals surface area contributed by atoms with Gasteiger partial charge in [0.1, 0.15) is 16.5 Å². The molecule has 0 bridgehead atoms. The van der Waals surface area contributed by atoms with Crippen molar-refractivity contribution in [1.82, 2.24) is 14.8 Å². The summed E-state index contributed by atoms with van der Waals surface area (Å²) in [5.41, 5.74) is 5.56. The van der Waals surface area contributed by atoms with Crippen LogP contribution in [0, 0.1) is 10.1 Å². The van der Waals surface area contributed by atoms with Gasteiger partial charge in [0.2, 0.25) is 0 Å². The number of aromatic nitrogens is 3. The third kappa shape index (κ3) is 2.93. The van der Waals surface area contributed by atoms with Gasteiger partial charge in [-0.1, -0.05) is 11.8 Å². The van der Waals surface area contributed by atoms with Crippen LogP contribution in [-0.4, -0.2) is 19.7 Å². The Morgan fingerprint density at radius 3 is 2.89 bits per heavy atom. The summed E-state index contributed by atoms with van der Waals surface area (Å²) in [4.78, 5) is 9.94. The quantitative estimate of drug-likeness (QED) is 0.486. The second-order valence-electron chi connectivity index (χ2n) is 3.63. The van der Waals surface area contributed by atoms with Gasteiger partial charge in [0.15, 0.2) is 5.16 Å². The van der Waals surface area contributed by atoms with Crippen molar-refractivity contribution in [2.75, 3.05) is 0 Å². The van der Waals surface area contributed by atoms with Crippen molar-refractivity contribution < 1.29 is 9.34 Å². The number of hydrogen-bond acceptors (Lipinski definition) is 7. The highest BCUT2D eigenvalue weighted by Gasteiger charge is 2.14. The number of nitro groups is 1. The molecular formula is C10H13N5O3S. The van der Waals surface area contributed by atoms with Gasteiger partial charge in [-0.2, -0.15) is 0 Å². The standard InChI is InChI=1S/C10H13N5O3S/c1-2-14-8(5-11)12-13-10(14)19-6-7-3-4-9(18-7)15(16)17/h3-4H,2,5-6,11H2,1H3. The van der Waals surface area contributed by atoms with Crippen LogP contribution in [-0.2, 0) is 18.8 Å². The molecule has 0 aromatic carbocycles. The Kier molecular flexibility index (Phi) is 4.17. The predicted octanol–water partition coefficient (Wildman–Crippen LogP) is 1.55. The minimum absolute atomic E-state index is 0.254. The average molecular weight is 283 g/mol. The van der Waals surface area contributed by atoms with E-state index in [1.54, 1.807) is 6.07 Å². The molecule has 0 saturated carbocycles. The second kappa shape index (κ2) is 5.85. The molecule has 0 spiro atoms. The molecule has 102 valence electrons. The molecule has 0 amide bonds. The van der Waals surface area contributed by atoms with Crippen molar-refractivity contribution in [1.29, 1.82) is 0 Å². The van der Waals surface area contributed by atoms with Crippen molar-refractivity contribution in [3.8, 4) is 0 Å². The molecule has 2 aromatic rings. The largest absolute Gasteiger partial charge is 0.433 e. The summed E-state index contributed by atoms with van der Waals surface area (Å²) in [6, 6.07) is 2.92. The highest BCUT2D eigenvalue weighted by atomic mass is 32.2. The van der Waals surface area contributed by atoms with Gasteiger partial charge in [-0.3, -0.25) is 10.1 Å². The number of hydrogen-bond donors (Lipinski definition) is 1. The average Bonchev–Trinajstić information content (AvgIpc) is 3.02. The number of nitrogens with zero attached hydrogens (tertiary/aromatic N) is 4. The van der Waals surface area contributed by atoms with E-state index in [1.807, 2.05) is 11.5 Å². The maximum atomic E-state index is 10.5. The Morgan fingerprint density at radius 1 is 1.53 bits per heavy atom. The Morgan fingerprint density at radius 2 is 2.32 bits per heavy atom. The Hall–Kier alpha value is -1.87. The summed E-state index contributed by atoms with van der Waals surface area (Å²) in [5.74, 6) is 1.44. The molecule has 0 radical (unpaired) electrons. The van der Waals surface area contributed by atoms with Gasteiger partial charge in [-0.05, 0) is 13.0 Å². The zero-order valence-corrected chi connectivity index (χ0v) is 11.1. The van der Waals surface area contributed by atoms with Gasteiger partial charge in [-0.25, -0.2) is 0 Å². The third-order valence-electron chi connectivity index (χ3n) is 2.46. The molecule has 8 nitrogen and oxygen atoms in total. The Bertz CT molecular complexity index is 579. The topological polar surface area (TPSA) is 113 Å². The number of furan rings is 1. The SMILES string of the molecule is CCn1c(CN)nnc1SCc1ccc([N+](=O)[O-])o1. The lowest BCUT2D eigenvalue weighted by Crippen LogP contribution is -2.07.